The topological polar surface area (TPSA) is 46.5 Å². The molecule has 132 valence electrons. The van der Waals surface area contributed by atoms with E-state index < -0.39 is 12.1 Å². The Morgan fingerprint density at radius 1 is 1.09 bits per heavy atom. The number of hydrogen-bond donors (Lipinski definition) is 1. The van der Waals surface area contributed by atoms with E-state index >= 15 is 0 Å². The molecule has 0 aromatic heterocycles. The van der Waals surface area contributed by atoms with Crippen LogP contribution in [0.4, 0.5) is 0 Å². The van der Waals surface area contributed by atoms with Crippen molar-refractivity contribution in [2.75, 3.05) is 7.11 Å². The number of aliphatic carboxylic acids is 1. The van der Waals surface area contributed by atoms with Gasteiger partial charge >= 0.3 is 5.97 Å². The molecule has 0 amide bonds. The third-order valence-corrected chi connectivity index (χ3v) is 4.07. The first-order valence-corrected chi connectivity index (χ1v) is 8.94. The van der Waals surface area contributed by atoms with E-state index in [1.54, 1.807) is 0 Å². The largest absolute Gasteiger partial charge is 0.479 e. The molecule has 0 aliphatic heterocycles. The highest BCUT2D eigenvalue weighted by Crippen LogP contribution is 2.17. The zero-order valence-corrected chi connectivity index (χ0v) is 15.0. The number of unbranched alkanes of at least 4 members (excludes halogenated alkanes) is 5. The Morgan fingerprint density at radius 3 is 2.35 bits per heavy atom. The molecule has 1 N–H and O–H groups in total. The molecule has 0 radical (unpaired) electrons. The van der Waals surface area contributed by atoms with Gasteiger partial charge in [0.2, 0.25) is 0 Å². The van der Waals surface area contributed by atoms with Gasteiger partial charge in [-0.3, -0.25) is 0 Å². The smallest absolute Gasteiger partial charge is 0.332 e. The second kappa shape index (κ2) is 15.6. The van der Waals surface area contributed by atoms with Crippen LogP contribution in [0.15, 0.2) is 12.7 Å². The highest BCUT2D eigenvalue weighted by molar-refractivity contribution is 5.72. The standard InChI is InChI=1S/C20H34O3/c1-4-5-6-12-15-18(2)16-13-10-8-7-9-11-14-17-19(23-3)20(21)22/h4,18-19H,1,5-8,10,12-17H2,2-3H3,(H,21,22)/t18-,19-/m0/s1. The average molecular weight is 322 g/mol. The lowest BCUT2D eigenvalue weighted by molar-refractivity contribution is -0.148. The van der Waals surface area contributed by atoms with Crippen LogP contribution in [-0.2, 0) is 9.53 Å². The lowest BCUT2D eigenvalue weighted by atomic mass is 9.96. The fourth-order valence-electron chi connectivity index (χ4n) is 2.53. The van der Waals surface area contributed by atoms with E-state index in [1.807, 2.05) is 6.08 Å². The fourth-order valence-corrected chi connectivity index (χ4v) is 2.53. The van der Waals surface area contributed by atoms with Gasteiger partial charge < -0.3 is 9.84 Å². The minimum Gasteiger partial charge on any atom is -0.479 e. The van der Waals surface area contributed by atoms with Gasteiger partial charge in [-0.25, -0.2) is 4.79 Å². The van der Waals surface area contributed by atoms with Crippen molar-refractivity contribution >= 4 is 5.97 Å². The van der Waals surface area contributed by atoms with Crippen molar-refractivity contribution in [1.82, 2.24) is 0 Å². The second-order valence-corrected chi connectivity index (χ2v) is 6.23. The van der Waals surface area contributed by atoms with E-state index in [2.05, 4.69) is 25.3 Å². The molecule has 0 bridgehead atoms. The van der Waals surface area contributed by atoms with Crippen LogP contribution >= 0.6 is 0 Å². The Balaban J connectivity index is 3.47. The first-order chi connectivity index (χ1) is 11.1. The van der Waals surface area contributed by atoms with E-state index in [1.165, 1.54) is 45.6 Å². The number of ether oxygens (including phenoxy) is 1. The molecule has 0 aliphatic rings. The van der Waals surface area contributed by atoms with E-state index in [0.29, 0.717) is 12.8 Å². The van der Waals surface area contributed by atoms with Gasteiger partial charge in [-0.05, 0) is 31.6 Å². The molecule has 0 spiro atoms. The monoisotopic (exact) mass is 322 g/mol. The Bertz CT molecular complexity index is 365. The minimum absolute atomic E-state index is 0.461. The van der Waals surface area contributed by atoms with Crippen molar-refractivity contribution in [3.63, 3.8) is 0 Å². The molecule has 0 fully saturated rings. The Morgan fingerprint density at radius 2 is 1.74 bits per heavy atom. The molecule has 0 unspecified atom stereocenters. The van der Waals surface area contributed by atoms with Crippen LogP contribution in [0.25, 0.3) is 0 Å². The molecule has 0 aromatic rings. The van der Waals surface area contributed by atoms with Gasteiger partial charge in [-0.1, -0.05) is 45.1 Å². The van der Waals surface area contributed by atoms with E-state index in [-0.39, 0.29) is 0 Å². The zero-order chi connectivity index (χ0) is 17.3. The molecule has 0 heterocycles. The molecule has 0 aliphatic carbocycles. The van der Waals surface area contributed by atoms with Crippen LogP contribution in [0.5, 0.6) is 0 Å². The minimum atomic E-state index is -0.909. The third-order valence-electron chi connectivity index (χ3n) is 4.07. The van der Waals surface area contributed by atoms with Gasteiger partial charge in [0.25, 0.3) is 0 Å². The Kier molecular flexibility index (Phi) is 14.8. The molecule has 3 heteroatoms. The third kappa shape index (κ3) is 14.1. The van der Waals surface area contributed by atoms with Crippen molar-refractivity contribution in [2.24, 2.45) is 5.92 Å². The average Bonchev–Trinajstić information content (AvgIpc) is 2.53. The lowest BCUT2D eigenvalue weighted by Crippen LogP contribution is -2.21. The highest BCUT2D eigenvalue weighted by atomic mass is 16.5. The predicted octanol–water partition coefficient (Wildman–Crippen LogP) is 5.20. The quantitative estimate of drug-likeness (QED) is 0.271. The highest BCUT2D eigenvalue weighted by Gasteiger charge is 2.14. The number of carbonyl (C=O) groups is 1. The molecule has 23 heavy (non-hydrogen) atoms. The lowest BCUT2D eigenvalue weighted by Gasteiger charge is -2.10. The predicted molar refractivity (Wildman–Crippen MR) is 96.4 cm³/mol. The van der Waals surface area contributed by atoms with Crippen LogP contribution < -0.4 is 0 Å². The molecule has 2 atom stereocenters. The van der Waals surface area contributed by atoms with Gasteiger partial charge in [-0.15, -0.1) is 18.4 Å². The first-order valence-electron chi connectivity index (χ1n) is 8.94. The number of rotatable bonds is 14. The van der Waals surface area contributed by atoms with E-state index in [4.69, 9.17) is 9.84 Å². The Labute approximate surface area is 142 Å². The SMILES string of the molecule is C=CCCCC[C@H](C)CCCCCC#CCC[C@H](OC)C(=O)O. The van der Waals surface area contributed by atoms with Crippen LogP contribution in [-0.4, -0.2) is 24.3 Å². The number of carboxylic acid groups (broad SMARTS) is 1. The van der Waals surface area contributed by atoms with Crippen molar-refractivity contribution < 1.29 is 14.6 Å². The molecule has 0 rings (SSSR count). The summed E-state index contributed by atoms with van der Waals surface area (Å²) in [5, 5.41) is 8.82. The van der Waals surface area contributed by atoms with Gasteiger partial charge in [0.15, 0.2) is 6.10 Å². The first kappa shape index (κ1) is 21.7. The summed E-state index contributed by atoms with van der Waals surface area (Å²) in [5.74, 6) is 6.09. The molecular formula is C20H34O3. The summed E-state index contributed by atoms with van der Waals surface area (Å²) in [4.78, 5) is 10.7. The summed E-state index contributed by atoms with van der Waals surface area (Å²) in [6.45, 7) is 6.10. The molecule has 0 aromatic carbocycles. The number of allylic oxidation sites excluding steroid dienone is 1. The summed E-state index contributed by atoms with van der Waals surface area (Å²) in [6.07, 6.45) is 13.3. The van der Waals surface area contributed by atoms with Crippen LogP contribution in [0.2, 0.25) is 0 Å². The van der Waals surface area contributed by atoms with Crippen LogP contribution in [0.1, 0.15) is 77.6 Å². The maximum absolute atomic E-state index is 10.7. The van der Waals surface area contributed by atoms with Gasteiger partial charge in [0, 0.05) is 20.0 Å². The molecule has 3 nitrogen and oxygen atoms in total. The summed E-state index contributed by atoms with van der Waals surface area (Å²) in [6, 6.07) is 0. The van der Waals surface area contributed by atoms with E-state index in [0.717, 1.165) is 25.2 Å². The van der Waals surface area contributed by atoms with Crippen molar-refractivity contribution in [1.29, 1.82) is 0 Å². The van der Waals surface area contributed by atoms with Crippen LogP contribution in [0, 0.1) is 17.8 Å². The maximum atomic E-state index is 10.7. The fraction of sp³-hybridized carbons (Fsp3) is 0.750. The van der Waals surface area contributed by atoms with Gasteiger partial charge in [0.1, 0.15) is 0 Å². The number of methoxy groups -OCH3 is 1. The number of carboxylic acids is 1. The molecule has 0 saturated carbocycles. The summed E-state index contributed by atoms with van der Waals surface area (Å²) >= 11 is 0. The number of hydrogen-bond acceptors (Lipinski definition) is 2. The van der Waals surface area contributed by atoms with Gasteiger partial charge in [-0.2, -0.15) is 0 Å². The normalized spacial score (nSPS) is 13.0. The molecule has 0 saturated heterocycles. The summed E-state index contributed by atoms with van der Waals surface area (Å²) in [7, 11) is 1.42. The van der Waals surface area contributed by atoms with Crippen molar-refractivity contribution in [3.05, 3.63) is 12.7 Å². The zero-order valence-electron chi connectivity index (χ0n) is 15.0. The second-order valence-electron chi connectivity index (χ2n) is 6.23. The summed E-state index contributed by atoms with van der Waals surface area (Å²) in [5.41, 5.74) is 0. The molecular weight excluding hydrogens is 288 g/mol. The van der Waals surface area contributed by atoms with Crippen LogP contribution in [0.3, 0.4) is 0 Å². The van der Waals surface area contributed by atoms with E-state index in [9.17, 15) is 4.79 Å². The van der Waals surface area contributed by atoms with Crippen molar-refractivity contribution in [2.45, 2.75) is 83.7 Å². The maximum Gasteiger partial charge on any atom is 0.332 e. The van der Waals surface area contributed by atoms with Crippen molar-refractivity contribution in [3.8, 4) is 11.8 Å². The van der Waals surface area contributed by atoms with Gasteiger partial charge in [0.05, 0.1) is 0 Å². The summed E-state index contributed by atoms with van der Waals surface area (Å²) < 4.78 is 4.86. The Hall–Kier alpha value is -1.27.